The lowest BCUT2D eigenvalue weighted by atomic mass is 10.1. The zero-order valence-corrected chi connectivity index (χ0v) is 13.1. The molecule has 0 aromatic carbocycles. The van der Waals surface area contributed by atoms with Crippen molar-refractivity contribution in [3.8, 4) is 0 Å². The fraction of sp³-hybridized carbons (Fsp3) is 0.857. The summed E-state index contributed by atoms with van der Waals surface area (Å²) in [7, 11) is -1.62. The van der Waals surface area contributed by atoms with E-state index in [0.717, 1.165) is 6.42 Å². The van der Waals surface area contributed by atoms with Crippen molar-refractivity contribution in [2.45, 2.75) is 77.6 Å². The second-order valence-electron chi connectivity index (χ2n) is 6.15. The van der Waals surface area contributed by atoms with Crippen LogP contribution in [-0.4, -0.2) is 14.4 Å². The average molecular weight is 242 g/mol. The van der Waals surface area contributed by atoms with Gasteiger partial charge in [-0.3, -0.25) is 0 Å². The normalized spacial score (nSPS) is 14.9. The largest absolute Gasteiger partial charge is 0.411 e. The van der Waals surface area contributed by atoms with E-state index in [0.29, 0.717) is 5.04 Å². The number of hydrogen-bond acceptors (Lipinski definition) is 1. The molecule has 0 aliphatic carbocycles. The Morgan fingerprint density at radius 3 is 2.19 bits per heavy atom. The maximum absolute atomic E-state index is 6.32. The van der Waals surface area contributed by atoms with Crippen molar-refractivity contribution in [1.29, 1.82) is 0 Å². The Kier molecular flexibility index (Phi) is 6.57. The van der Waals surface area contributed by atoms with Gasteiger partial charge in [-0.1, -0.05) is 53.0 Å². The van der Waals surface area contributed by atoms with E-state index in [1.165, 1.54) is 19.3 Å². The predicted octanol–water partition coefficient (Wildman–Crippen LogP) is 5.14. The van der Waals surface area contributed by atoms with Crippen LogP contribution in [0.3, 0.4) is 0 Å². The van der Waals surface area contributed by atoms with Crippen LogP contribution in [0.2, 0.25) is 18.1 Å². The fourth-order valence-electron chi connectivity index (χ4n) is 1.38. The molecule has 96 valence electrons. The van der Waals surface area contributed by atoms with Gasteiger partial charge < -0.3 is 4.43 Å². The lowest BCUT2D eigenvalue weighted by Crippen LogP contribution is -2.43. The maximum Gasteiger partial charge on any atom is 0.192 e. The maximum atomic E-state index is 6.32. The van der Waals surface area contributed by atoms with E-state index < -0.39 is 8.32 Å². The molecule has 0 aliphatic heterocycles. The second kappa shape index (κ2) is 6.60. The minimum Gasteiger partial charge on any atom is -0.411 e. The van der Waals surface area contributed by atoms with Gasteiger partial charge in [-0.25, -0.2) is 0 Å². The third-order valence-electron chi connectivity index (χ3n) is 3.61. The van der Waals surface area contributed by atoms with Gasteiger partial charge in [0.15, 0.2) is 8.32 Å². The van der Waals surface area contributed by atoms with Gasteiger partial charge in [-0.2, -0.15) is 0 Å². The van der Waals surface area contributed by atoms with Gasteiger partial charge in [0.05, 0.1) is 6.10 Å². The van der Waals surface area contributed by atoms with Gasteiger partial charge >= 0.3 is 0 Å². The second-order valence-corrected chi connectivity index (χ2v) is 10.9. The van der Waals surface area contributed by atoms with Gasteiger partial charge in [0.2, 0.25) is 0 Å². The van der Waals surface area contributed by atoms with Crippen molar-refractivity contribution in [3.63, 3.8) is 0 Å². The Bertz CT molecular complexity index is 203. The quantitative estimate of drug-likeness (QED) is 0.341. The summed E-state index contributed by atoms with van der Waals surface area (Å²) < 4.78 is 6.32. The Labute approximate surface area is 103 Å². The molecule has 0 fully saturated rings. The van der Waals surface area contributed by atoms with Crippen molar-refractivity contribution in [1.82, 2.24) is 0 Å². The summed E-state index contributed by atoms with van der Waals surface area (Å²) in [4.78, 5) is 0. The first-order valence-corrected chi connectivity index (χ1v) is 9.46. The van der Waals surface area contributed by atoms with Crippen LogP contribution in [0.5, 0.6) is 0 Å². The van der Waals surface area contributed by atoms with Gasteiger partial charge in [0.1, 0.15) is 0 Å². The zero-order chi connectivity index (χ0) is 12.8. The van der Waals surface area contributed by atoms with E-state index >= 15 is 0 Å². The molecule has 0 N–H and O–H groups in total. The van der Waals surface area contributed by atoms with E-state index in [1.807, 2.05) is 6.08 Å². The summed E-state index contributed by atoms with van der Waals surface area (Å²) in [6.45, 7) is 17.6. The van der Waals surface area contributed by atoms with Gasteiger partial charge in [0, 0.05) is 0 Å². The van der Waals surface area contributed by atoms with Crippen LogP contribution in [0.15, 0.2) is 12.7 Å². The van der Waals surface area contributed by atoms with E-state index in [1.54, 1.807) is 0 Å². The molecule has 0 rings (SSSR count). The molecule has 2 heteroatoms. The smallest absolute Gasteiger partial charge is 0.192 e. The molecule has 0 spiro atoms. The van der Waals surface area contributed by atoms with Crippen molar-refractivity contribution in [2.24, 2.45) is 0 Å². The molecule has 16 heavy (non-hydrogen) atoms. The van der Waals surface area contributed by atoms with Crippen LogP contribution in [0.25, 0.3) is 0 Å². The lowest BCUT2D eigenvalue weighted by Gasteiger charge is -2.38. The molecule has 0 aromatic rings. The molecule has 1 atom stereocenters. The van der Waals surface area contributed by atoms with Gasteiger partial charge in [-0.15, -0.1) is 6.58 Å². The van der Waals surface area contributed by atoms with Crippen molar-refractivity contribution < 1.29 is 4.43 Å². The van der Waals surface area contributed by atoms with Crippen molar-refractivity contribution in [3.05, 3.63) is 12.7 Å². The molecule has 0 aromatic heterocycles. The lowest BCUT2D eigenvalue weighted by molar-refractivity contribution is 0.211. The summed E-state index contributed by atoms with van der Waals surface area (Å²) in [5, 5.41) is 0.291. The SMILES string of the molecule is C=C[C@@H](CCCCC)O[Si](C)(C)C(C)(C)C. The highest BCUT2D eigenvalue weighted by atomic mass is 28.4. The Hall–Kier alpha value is -0.0831. The van der Waals surface area contributed by atoms with E-state index in [2.05, 4.69) is 47.4 Å². The molecule has 0 aliphatic rings. The van der Waals surface area contributed by atoms with Gasteiger partial charge in [0.25, 0.3) is 0 Å². The highest BCUT2D eigenvalue weighted by Gasteiger charge is 2.38. The van der Waals surface area contributed by atoms with E-state index in [9.17, 15) is 0 Å². The molecule has 0 bridgehead atoms. The molecule has 0 amide bonds. The topological polar surface area (TPSA) is 9.23 Å². The summed E-state index contributed by atoms with van der Waals surface area (Å²) in [6, 6.07) is 0. The summed E-state index contributed by atoms with van der Waals surface area (Å²) >= 11 is 0. The number of rotatable bonds is 7. The van der Waals surface area contributed by atoms with Crippen molar-refractivity contribution >= 4 is 8.32 Å². The molecule has 0 saturated heterocycles. The fourth-order valence-corrected chi connectivity index (χ4v) is 2.70. The monoisotopic (exact) mass is 242 g/mol. The molecule has 1 nitrogen and oxygen atoms in total. The van der Waals surface area contributed by atoms with Crippen molar-refractivity contribution in [2.75, 3.05) is 0 Å². The predicted molar refractivity (Wildman–Crippen MR) is 76.4 cm³/mol. The molecular weight excluding hydrogens is 212 g/mol. The van der Waals surface area contributed by atoms with Crippen LogP contribution >= 0.6 is 0 Å². The highest BCUT2D eigenvalue weighted by molar-refractivity contribution is 6.74. The minimum atomic E-state index is -1.62. The Morgan fingerprint density at radius 2 is 1.81 bits per heavy atom. The molecule has 0 radical (unpaired) electrons. The highest BCUT2D eigenvalue weighted by Crippen LogP contribution is 2.37. The van der Waals surface area contributed by atoms with E-state index in [-0.39, 0.29) is 6.10 Å². The molecular formula is C14H30OSi. The van der Waals surface area contributed by atoms with Crippen LogP contribution in [-0.2, 0) is 4.43 Å². The first-order valence-electron chi connectivity index (χ1n) is 6.55. The molecule has 0 saturated carbocycles. The zero-order valence-electron chi connectivity index (χ0n) is 12.1. The minimum absolute atomic E-state index is 0.257. The summed E-state index contributed by atoms with van der Waals surface area (Å²) in [5.74, 6) is 0. The first-order chi connectivity index (χ1) is 7.24. The summed E-state index contributed by atoms with van der Waals surface area (Å²) in [6.07, 6.45) is 7.18. The van der Waals surface area contributed by atoms with E-state index in [4.69, 9.17) is 4.43 Å². The molecule has 0 unspecified atom stereocenters. The Morgan fingerprint density at radius 1 is 1.25 bits per heavy atom. The Balaban J connectivity index is 4.26. The standard InChI is InChI=1S/C14H30OSi/c1-8-10-11-12-13(9-2)15-16(6,7)14(3,4)5/h9,13H,2,8,10-12H2,1,3-7H3/t13-/m0/s1. The molecule has 0 heterocycles. The average Bonchev–Trinajstić information content (AvgIpc) is 2.14. The van der Waals surface area contributed by atoms with Gasteiger partial charge in [-0.05, 0) is 24.6 Å². The van der Waals surface area contributed by atoms with Crippen LogP contribution in [0.4, 0.5) is 0 Å². The first kappa shape index (κ1) is 15.9. The summed E-state index contributed by atoms with van der Waals surface area (Å²) in [5.41, 5.74) is 0. The number of hydrogen-bond donors (Lipinski definition) is 0. The third-order valence-corrected chi connectivity index (χ3v) is 8.11. The third kappa shape index (κ3) is 5.31. The number of unbranched alkanes of at least 4 members (excludes halogenated alkanes) is 2. The van der Waals surface area contributed by atoms with Crippen LogP contribution < -0.4 is 0 Å². The van der Waals surface area contributed by atoms with Crippen LogP contribution in [0.1, 0.15) is 53.4 Å². The van der Waals surface area contributed by atoms with Crippen LogP contribution in [0, 0.1) is 0 Å².